The topological polar surface area (TPSA) is 106 Å². The monoisotopic (exact) mass is 519 g/mol. The fourth-order valence-corrected chi connectivity index (χ4v) is 5.83. The van der Waals surface area contributed by atoms with E-state index in [1.54, 1.807) is 18.1 Å². The van der Waals surface area contributed by atoms with Gasteiger partial charge in [0.05, 0.1) is 16.3 Å². The summed E-state index contributed by atoms with van der Waals surface area (Å²) in [5.41, 5.74) is 19.3. The van der Waals surface area contributed by atoms with Gasteiger partial charge in [0.15, 0.2) is 0 Å². The average Bonchev–Trinajstić information content (AvgIpc) is 3.06. The Kier molecular flexibility index (Phi) is 8.61. The normalized spacial score (nSPS) is 16.4. The van der Waals surface area contributed by atoms with E-state index >= 15 is 0 Å². The van der Waals surface area contributed by atoms with Gasteiger partial charge in [-0.05, 0) is 85.2 Å². The number of rotatable bonds is 9. The molecule has 2 aromatic carbocycles. The Morgan fingerprint density at radius 1 is 1.24 bits per heavy atom. The third-order valence-corrected chi connectivity index (χ3v) is 7.98. The second kappa shape index (κ2) is 11.9. The number of hydrogen-bond acceptors (Lipinski definition) is 7. The maximum Gasteiger partial charge on any atom is 0.228 e. The van der Waals surface area contributed by atoms with Crippen LogP contribution in [0, 0.1) is 13.8 Å². The van der Waals surface area contributed by atoms with Crippen LogP contribution >= 0.6 is 11.9 Å². The van der Waals surface area contributed by atoms with Gasteiger partial charge >= 0.3 is 0 Å². The van der Waals surface area contributed by atoms with Gasteiger partial charge < -0.3 is 21.5 Å². The summed E-state index contributed by atoms with van der Waals surface area (Å²) in [6.45, 7) is 10.6. The zero-order valence-electron chi connectivity index (χ0n) is 22.1. The number of nitrogens with one attached hydrogen (secondary N) is 1. The van der Waals surface area contributed by atoms with Gasteiger partial charge in [-0.2, -0.15) is 0 Å². The Morgan fingerprint density at radius 2 is 2.05 bits per heavy atom. The highest BCUT2D eigenvalue weighted by Crippen LogP contribution is 2.38. The van der Waals surface area contributed by atoms with Crippen molar-refractivity contribution in [3.63, 3.8) is 0 Å². The second-order valence-corrected chi connectivity index (χ2v) is 10.7. The highest BCUT2D eigenvalue weighted by molar-refractivity contribution is 7.97. The number of nitrogen functional groups attached to an aromatic ring is 1. The van der Waals surface area contributed by atoms with Gasteiger partial charge in [0.2, 0.25) is 11.8 Å². The summed E-state index contributed by atoms with van der Waals surface area (Å²) in [7, 11) is 0. The molecule has 1 unspecified atom stereocenters. The number of amides is 1. The van der Waals surface area contributed by atoms with E-state index in [-0.39, 0.29) is 24.3 Å². The van der Waals surface area contributed by atoms with Crippen molar-refractivity contribution in [2.75, 3.05) is 24.1 Å². The number of nitrogens with two attached hydrogens (primary N) is 2. The van der Waals surface area contributed by atoms with Gasteiger partial charge in [0.25, 0.3) is 0 Å². The van der Waals surface area contributed by atoms with Gasteiger partial charge in [-0.1, -0.05) is 31.2 Å². The molecule has 0 aliphatic carbocycles. The number of aryl methyl sites for hydroxylation is 1. The van der Waals surface area contributed by atoms with Crippen LogP contribution < -0.4 is 21.5 Å². The quantitative estimate of drug-likeness (QED) is 0.257. The van der Waals surface area contributed by atoms with Gasteiger partial charge in [-0.15, -0.1) is 0 Å². The summed E-state index contributed by atoms with van der Waals surface area (Å²) in [5, 5.41) is 3.31. The van der Waals surface area contributed by atoms with Gasteiger partial charge in [-0.3, -0.25) is 4.79 Å². The van der Waals surface area contributed by atoms with E-state index in [1.807, 2.05) is 26.0 Å². The first-order chi connectivity index (χ1) is 17.8. The van der Waals surface area contributed by atoms with Crippen LogP contribution in [0.1, 0.15) is 60.4 Å². The number of fused-ring (bicyclic) bond motifs is 1. The first-order valence-corrected chi connectivity index (χ1v) is 13.6. The Balaban J connectivity index is 1.67. The minimum atomic E-state index is -0.337. The molecule has 1 amide bonds. The molecule has 196 valence electrons. The molecule has 7 nitrogen and oxygen atoms in total. The van der Waals surface area contributed by atoms with Crippen molar-refractivity contribution in [1.82, 2.24) is 9.29 Å². The Bertz CT molecular complexity index is 1270. The summed E-state index contributed by atoms with van der Waals surface area (Å²) < 4.78 is 8.52. The summed E-state index contributed by atoms with van der Waals surface area (Å²) in [5.74, 6) is 0.183. The van der Waals surface area contributed by atoms with E-state index in [4.69, 9.17) is 16.2 Å². The lowest BCUT2D eigenvalue weighted by atomic mass is 9.84. The van der Waals surface area contributed by atoms with Crippen molar-refractivity contribution in [3.05, 3.63) is 76.5 Å². The highest BCUT2D eigenvalue weighted by Gasteiger charge is 2.25. The average molecular weight is 520 g/mol. The molecule has 0 fully saturated rings. The molecule has 0 spiro atoms. The van der Waals surface area contributed by atoms with Crippen molar-refractivity contribution in [2.45, 2.75) is 64.0 Å². The molecule has 0 saturated heterocycles. The number of carbonyl (C=O) groups is 1. The lowest BCUT2D eigenvalue weighted by molar-refractivity contribution is -0.118. The molecule has 4 rings (SSSR count). The third kappa shape index (κ3) is 6.19. The molecular formula is C29H37N5O2S. The van der Waals surface area contributed by atoms with Crippen molar-refractivity contribution in [2.24, 2.45) is 5.73 Å². The fourth-order valence-electron chi connectivity index (χ4n) is 4.79. The molecule has 2 atom stereocenters. The molecule has 2 heterocycles. The number of aromatic nitrogens is 1. The molecule has 0 radical (unpaired) electrons. The number of hydrogen-bond donors (Lipinski definition) is 3. The van der Waals surface area contributed by atoms with Crippen LogP contribution in [0.3, 0.4) is 0 Å². The number of primary amides is 1. The molecular weight excluding hydrogens is 482 g/mol. The lowest BCUT2D eigenvalue weighted by Crippen LogP contribution is -2.29. The number of nitrogens with zero attached hydrogens (tertiary/aromatic N) is 2. The summed E-state index contributed by atoms with van der Waals surface area (Å²) in [6.07, 6.45) is 2.95. The number of anilines is 2. The van der Waals surface area contributed by atoms with Crippen LogP contribution in [0.2, 0.25) is 0 Å². The Morgan fingerprint density at radius 3 is 2.78 bits per heavy atom. The first kappa shape index (κ1) is 26.8. The molecule has 37 heavy (non-hydrogen) atoms. The molecule has 1 aliphatic heterocycles. The van der Waals surface area contributed by atoms with E-state index < -0.39 is 0 Å². The number of carbonyl (C=O) groups excluding carboxylic acids is 1. The minimum Gasteiger partial charge on any atom is -0.472 e. The zero-order valence-corrected chi connectivity index (χ0v) is 22.9. The maximum atomic E-state index is 12.2. The molecule has 1 aromatic heterocycles. The zero-order chi connectivity index (χ0) is 26.5. The number of benzene rings is 2. The fraction of sp³-hybridized carbons (Fsp3) is 0.379. The van der Waals surface area contributed by atoms with Gasteiger partial charge in [-0.25, -0.2) is 9.29 Å². The van der Waals surface area contributed by atoms with Crippen molar-refractivity contribution in [1.29, 1.82) is 0 Å². The first-order valence-electron chi connectivity index (χ1n) is 12.9. The van der Waals surface area contributed by atoms with Gasteiger partial charge in [0, 0.05) is 38.2 Å². The van der Waals surface area contributed by atoms with Crippen molar-refractivity contribution >= 4 is 29.2 Å². The van der Waals surface area contributed by atoms with E-state index in [0.717, 1.165) is 53.3 Å². The molecule has 5 N–H and O–H groups in total. The van der Waals surface area contributed by atoms with E-state index in [1.165, 1.54) is 11.1 Å². The van der Waals surface area contributed by atoms with Gasteiger partial charge in [0.1, 0.15) is 6.10 Å². The maximum absolute atomic E-state index is 12.2. The second-order valence-electron chi connectivity index (χ2n) is 9.55. The summed E-state index contributed by atoms with van der Waals surface area (Å²) in [4.78, 5) is 17.6. The Hall–Kier alpha value is -3.23. The van der Waals surface area contributed by atoms with E-state index in [2.05, 4.69) is 58.8 Å². The predicted molar refractivity (Wildman–Crippen MR) is 152 cm³/mol. The summed E-state index contributed by atoms with van der Waals surface area (Å²) in [6, 6.07) is 14.5. The minimum absolute atomic E-state index is 0.0654. The van der Waals surface area contributed by atoms with Crippen LogP contribution in [0.5, 0.6) is 5.88 Å². The molecule has 8 heteroatoms. The van der Waals surface area contributed by atoms with E-state index in [9.17, 15) is 4.79 Å². The standard InChI is InChI=1S/C29H37N5O2S/c1-5-22-17-34(37-26-8-7-13-33-29(26)36-22)16-21-14-20(10-9-18(21)3)24(15-27(30)35)23-11-12-25(32-6-2)28(31)19(23)4/h7-14,22,24,32H,5-6,15-17,31H2,1-4H3,(H2,30,35)/t22-,24?/m1/s1. The van der Waals surface area contributed by atoms with Crippen molar-refractivity contribution < 1.29 is 9.53 Å². The molecule has 1 aliphatic rings. The van der Waals surface area contributed by atoms with Crippen molar-refractivity contribution in [3.8, 4) is 5.88 Å². The van der Waals surface area contributed by atoms with Crippen LogP contribution in [0.25, 0.3) is 0 Å². The number of pyridine rings is 1. The lowest BCUT2D eigenvalue weighted by Gasteiger charge is -2.25. The van der Waals surface area contributed by atoms with Crippen LogP contribution in [0.15, 0.2) is 53.6 Å². The Labute approximate surface area is 224 Å². The SMILES string of the molecule is CCNc1ccc(C(CC(N)=O)c2ccc(C)c(CN3C[C@@H](CC)Oc4ncccc4S3)c2)c(C)c1N. The third-order valence-electron chi connectivity index (χ3n) is 6.93. The van der Waals surface area contributed by atoms with Crippen LogP contribution in [0.4, 0.5) is 11.4 Å². The highest BCUT2D eigenvalue weighted by atomic mass is 32.2. The molecule has 0 bridgehead atoms. The molecule has 3 aromatic rings. The van der Waals surface area contributed by atoms with Crippen LogP contribution in [-0.2, 0) is 11.3 Å². The van der Waals surface area contributed by atoms with E-state index in [0.29, 0.717) is 11.6 Å². The largest absolute Gasteiger partial charge is 0.472 e. The number of ether oxygens (including phenoxy) is 1. The smallest absolute Gasteiger partial charge is 0.228 e. The molecule has 0 saturated carbocycles. The summed E-state index contributed by atoms with van der Waals surface area (Å²) >= 11 is 1.68. The predicted octanol–water partition coefficient (Wildman–Crippen LogP) is 5.40. The van der Waals surface area contributed by atoms with Crippen LogP contribution in [-0.4, -0.2) is 34.4 Å².